The monoisotopic (exact) mass is 421 g/mol. The lowest BCUT2D eigenvalue weighted by Gasteiger charge is -2.24. The quantitative estimate of drug-likeness (QED) is 0.229. The van der Waals surface area contributed by atoms with Crippen molar-refractivity contribution in [2.45, 2.75) is 65.4 Å². The van der Waals surface area contributed by atoms with Gasteiger partial charge in [-0.1, -0.05) is 30.3 Å². The van der Waals surface area contributed by atoms with Gasteiger partial charge in [-0.15, -0.1) is 0 Å². The molecule has 0 unspecified atom stereocenters. The van der Waals surface area contributed by atoms with Crippen LogP contribution in [0.5, 0.6) is 0 Å². The van der Waals surface area contributed by atoms with Gasteiger partial charge in [0.25, 0.3) is 0 Å². The number of carbonyl (C=O) groups excluding carboxylic acids is 3. The Morgan fingerprint density at radius 1 is 0.967 bits per heavy atom. The fourth-order valence-electron chi connectivity index (χ4n) is 2.14. The van der Waals surface area contributed by atoms with Crippen molar-refractivity contribution in [2.75, 3.05) is 6.61 Å². The molecule has 0 aliphatic heterocycles. The zero-order valence-corrected chi connectivity index (χ0v) is 18.4. The van der Waals surface area contributed by atoms with Gasteiger partial charge in [-0.05, 0) is 53.2 Å². The molecule has 0 spiro atoms. The topological polar surface area (TPSA) is 111 Å². The fourth-order valence-corrected chi connectivity index (χ4v) is 2.14. The van der Waals surface area contributed by atoms with Crippen LogP contribution in [-0.4, -0.2) is 47.0 Å². The number of carbonyl (C=O) groups is 3. The predicted molar refractivity (Wildman–Crippen MR) is 110 cm³/mol. The van der Waals surface area contributed by atoms with Gasteiger partial charge in [-0.2, -0.15) is 0 Å². The number of benzene rings is 1. The molecule has 1 aromatic carbocycles. The molecule has 0 aromatic heterocycles. The lowest BCUT2D eigenvalue weighted by Crippen LogP contribution is -2.38. The average molecular weight is 421 g/mol. The summed E-state index contributed by atoms with van der Waals surface area (Å²) in [5.41, 5.74) is -1.35. The molecule has 8 nitrogen and oxygen atoms in total. The molecule has 166 valence electrons. The SMILES string of the molecule is CC(C)(C)OC(=O)C(=C[C@@H](CO)NC(=O)OCc1ccccc1)C(=O)OC(C)(C)C. The van der Waals surface area contributed by atoms with Gasteiger partial charge in [-0.25, -0.2) is 14.4 Å². The predicted octanol–water partition coefficient (Wildman–Crippen LogP) is 2.88. The van der Waals surface area contributed by atoms with Crippen LogP contribution < -0.4 is 5.32 Å². The number of esters is 2. The first-order valence-electron chi connectivity index (χ1n) is 9.57. The minimum atomic E-state index is -1.07. The van der Waals surface area contributed by atoms with Crippen molar-refractivity contribution < 1.29 is 33.7 Å². The van der Waals surface area contributed by atoms with Crippen LogP contribution in [-0.2, 0) is 30.4 Å². The highest BCUT2D eigenvalue weighted by molar-refractivity contribution is 6.14. The third-order valence-electron chi connectivity index (χ3n) is 3.32. The standard InChI is InChI=1S/C22H31NO7/c1-21(2,3)29-18(25)17(19(26)30-22(4,5)6)12-16(13-24)23-20(27)28-14-15-10-8-7-9-11-15/h7-12,16,24H,13-14H2,1-6H3,(H,23,27)/t16-/m0/s1. The van der Waals surface area contributed by atoms with Crippen LogP contribution in [0.15, 0.2) is 42.0 Å². The zero-order valence-electron chi connectivity index (χ0n) is 18.4. The van der Waals surface area contributed by atoms with Gasteiger partial charge in [-0.3, -0.25) is 0 Å². The molecule has 0 aliphatic rings. The summed E-state index contributed by atoms with van der Waals surface area (Å²) in [5, 5.41) is 12.0. The van der Waals surface area contributed by atoms with E-state index < -0.39 is 47.5 Å². The van der Waals surface area contributed by atoms with Crippen molar-refractivity contribution in [3.63, 3.8) is 0 Å². The summed E-state index contributed by atoms with van der Waals surface area (Å²) in [5.74, 6) is -1.84. The van der Waals surface area contributed by atoms with Crippen molar-refractivity contribution in [3.8, 4) is 0 Å². The number of hydrogen-bond donors (Lipinski definition) is 2. The van der Waals surface area contributed by atoms with E-state index in [9.17, 15) is 19.5 Å². The molecule has 8 heteroatoms. The van der Waals surface area contributed by atoms with Gasteiger partial charge in [0, 0.05) is 0 Å². The molecule has 0 saturated heterocycles. The van der Waals surface area contributed by atoms with E-state index in [1.165, 1.54) is 0 Å². The third-order valence-corrected chi connectivity index (χ3v) is 3.32. The van der Waals surface area contributed by atoms with Gasteiger partial charge in [0.15, 0.2) is 0 Å². The van der Waals surface area contributed by atoms with E-state index in [-0.39, 0.29) is 6.61 Å². The van der Waals surface area contributed by atoms with Crippen molar-refractivity contribution in [1.82, 2.24) is 5.32 Å². The van der Waals surface area contributed by atoms with Gasteiger partial charge >= 0.3 is 18.0 Å². The molecular formula is C22H31NO7. The summed E-state index contributed by atoms with van der Waals surface area (Å²) in [7, 11) is 0. The molecule has 1 atom stereocenters. The van der Waals surface area contributed by atoms with E-state index in [0.29, 0.717) is 0 Å². The van der Waals surface area contributed by atoms with Crippen LogP contribution in [0, 0.1) is 0 Å². The minimum absolute atomic E-state index is 0.0273. The first-order chi connectivity index (χ1) is 13.8. The van der Waals surface area contributed by atoms with Crippen LogP contribution in [0.4, 0.5) is 4.79 Å². The number of ether oxygens (including phenoxy) is 3. The van der Waals surface area contributed by atoms with Gasteiger partial charge < -0.3 is 24.6 Å². The molecule has 0 saturated carbocycles. The van der Waals surface area contributed by atoms with E-state index in [1.54, 1.807) is 53.7 Å². The summed E-state index contributed by atoms with van der Waals surface area (Å²) >= 11 is 0. The minimum Gasteiger partial charge on any atom is -0.456 e. The Kier molecular flexibility index (Phi) is 9.04. The maximum atomic E-state index is 12.5. The Bertz CT molecular complexity index is 728. The first kappa shape index (κ1) is 25.2. The number of alkyl carbamates (subject to hydrolysis) is 1. The number of hydrogen-bond acceptors (Lipinski definition) is 7. The van der Waals surface area contributed by atoms with Crippen molar-refractivity contribution in [3.05, 3.63) is 47.5 Å². The number of amides is 1. The molecule has 1 aromatic rings. The summed E-state index contributed by atoms with van der Waals surface area (Å²) < 4.78 is 15.6. The second-order valence-electron chi connectivity index (χ2n) is 8.58. The molecule has 0 aliphatic carbocycles. The molecule has 0 radical (unpaired) electrons. The largest absolute Gasteiger partial charge is 0.456 e. The number of nitrogens with one attached hydrogen (secondary N) is 1. The summed E-state index contributed by atoms with van der Waals surface area (Å²) in [6, 6.07) is 7.97. The second-order valence-corrected chi connectivity index (χ2v) is 8.58. The zero-order chi connectivity index (χ0) is 22.9. The number of aliphatic hydroxyl groups is 1. The van der Waals surface area contributed by atoms with E-state index in [1.807, 2.05) is 18.2 Å². The normalized spacial score (nSPS) is 12.4. The maximum Gasteiger partial charge on any atom is 0.408 e. The molecule has 0 bridgehead atoms. The Balaban J connectivity index is 2.94. The van der Waals surface area contributed by atoms with E-state index in [0.717, 1.165) is 11.6 Å². The van der Waals surface area contributed by atoms with Crippen molar-refractivity contribution in [2.24, 2.45) is 0 Å². The highest BCUT2D eigenvalue weighted by Crippen LogP contribution is 2.16. The average Bonchev–Trinajstić information content (AvgIpc) is 2.61. The summed E-state index contributed by atoms with van der Waals surface area (Å²) in [4.78, 5) is 37.1. The van der Waals surface area contributed by atoms with E-state index in [4.69, 9.17) is 14.2 Å². The van der Waals surface area contributed by atoms with E-state index in [2.05, 4.69) is 5.32 Å². The van der Waals surface area contributed by atoms with Crippen LogP contribution in [0.25, 0.3) is 0 Å². The lowest BCUT2D eigenvalue weighted by atomic mass is 10.1. The Morgan fingerprint density at radius 2 is 1.47 bits per heavy atom. The second kappa shape index (κ2) is 10.8. The van der Waals surface area contributed by atoms with Crippen LogP contribution >= 0.6 is 0 Å². The molecule has 30 heavy (non-hydrogen) atoms. The van der Waals surface area contributed by atoms with Crippen molar-refractivity contribution in [1.29, 1.82) is 0 Å². The highest BCUT2D eigenvalue weighted by Gasteiger charge is 2.30. The molecule has 0 heterocycles. The van der Waals surface area contributed by atoms with Gasteiger partial charge in [0.05, 0.1) is 12.6 Å². The van der Waals surface area contributed by atoms with Gasteiger partial charge in [0.1, 0.15) is 23.4 Å². The smallest absolute Gasteiger partial charge is 0.408 e. The van der Waals surface area contributed by atoms with Crippen LogP contribution in [0.1, 0.15) is 47.1 Å². The number of rotatable bonds is 7. The first-order valence-corrected chi connectivity index (χ1v) is 9.57. The lowest BCUT2D eigenvalue weighted by molar-refractivity contribution is -0.158. The number of aliphatic hydroxyl groups excluding tert-OH is 1. The molecule has 1 amide bonds. The highest BCUT2D eigenvalue weighted by atomic mass is 16.6. The van der Waals surface area contributed by atoms with Gasteiger partial charge in [0.2, 0.25) is 0 Å². The molecular weight excluding hydrogens is 390 g/mol. The maximum absolute atomic E-state index is 12.5. The Morgan fingerprint density at radius 3 is 1.90 bits per heavy atom. The molecule has 1 rings (SSSR count). The third kappa shape index (κ3) is 10.1. The van der Waals surface area contributed by atoms with Crippen molar-refractivity contribution >= 4 is 18.0 Å². The Labute approximate surface area is 177 Å². The summed E-state index contributed by atoms with van der Waals surface area (Å²) in [6.07, 6.45) is 0.285. The van der Waals surface area contributed by atoms with E-state index >= 15 is 0 Å². The van der Waals surface area contributed by atoms with Crippen LogP contribution in [0.3, 0.4) is 0 Å². The summed E-state index contributed by atoms with van der Waals surface area (Å²) in [6.45, 7) is 9.37. The fraction of sp³-hybridized carbons (Fsp3) is 0.500. The molecule has 0 fully saturated rings. The van der Waals surface area contributed by atoms with Crippen LogP contribution in [0.2, 0.25) is 0 Å². The Hall–Kier alpha value is -2.87. The molecule has 2 N–H and O–H groups in total.